The number of aliphatic carboxylic acids is 1. The minimum absolute atomic E-state index is 0.141. The first-order valence-electron chi connectivity index (χ1n) is 14.2. The number of hydrogen-bond acceptors (Lipinski definition) is 6. The van der Waals surface area contributed by atoms with Gasteiger partial charge in [-0.3, -0.25) is 9.59 Å². The van der Waals surface area contributed by atoms with Gasteiger partial charge in [0.15, 0.2) is 11.6 Å². The molecule has 0 amide bonds. The number of hydrogen-bond donors (Lipinski definition) is 3. The lowest BCUT2D eigenvalue weighted by atomic mass is 10.00. The summed E-state index contributed by atoms with van der Waals surface area (Å²) in [4.78, 5) is 37.5. The van der Waals surface area contributed by atoms with Gasteiger partial charge in [0.25, 0.3) is 0 Å². The molecule has 0 saturated heterocycles. The molecule has 7 heteroatoms. The summed E-state index contributed by atoms with van der Waals surface area (Å²) in [6, 6.07) is 29.9. The quantitative estimate of drug-likeness (QED) is 0.101. The Bertz CT molecular complexity index is 1490. The van der Waals surface area contributed by atoms with Crippen LogP contribution in [0.1, 0.15) is 58.0 Å². The SMILES string of the molecule is CCCC(=O)c1ccccc1NCCCOc1ccc(CC(Nc2ccccc2C(=O)c2ccccc2)C(=O)O)cc1. The van der Waals surface area contributed by atoms with E-state index in [1.54, 1.807) is 48.5 Å². The molecule has 0 fully saturated rings. The zero-order valence-corrected chi connectivity index (χ0v) is 23.7. The molecule has 0 saturated carbocycles. The van der Waals surface area contributed by atoms with Crippen molar-refractivity contribution in [3.05, 3.63) is 125 Å². The lowest BCUT2D eigenvalue weighted by Gasteiger charge is -2.18. The Kier molecular flexibility index (Phi) is 10.9. The first-order valence-corrected chi connectivity index (χ1v) is 14.2. The van der Waals surface area contributed by atoms with Crippen LogP contribution < -0.4 is 15.4 Å². The second-order valence-corrected chi connectivity index (χ2v) is 9.97. The molecule has 0 aliphatic carbocycles. The molecular weight excluding hydrogens is 528 g/mol. The Hall–Kier alpha value is -4.91. The van der Waals surface area contributed by atoms with Crippen LogP contribution in [0.25, 0.3) is 0 Å². The number of carbonyl (C=O) groups is 3. The van der Waals surface area contributed by atoms with Crippen molar-refractivity contribution in [3.8, 4) is 5.75 Å². The fourth-order valence-electron chi connectivity index (χ4n) is 4.62. The molecule has 0 spiro atoms. The number of rotatable bonds is 16. The van der Waals surface area contributed by atoms with E-state index in [9.17, 15) is 19.5 Å². The average Bonchev–Trinajstić information content (AvgIpc) is 3.02. The van der Waals surface area contributed by atoms with E-state index >= 15 is 0 Å². The van der Waals surface area contributed by atoms with E-state index in [2.05, 4.69) is 10.6 Å². The molecule has 1 unspecified atom stereocenters. The van der Waals surface area contributed by atoms with Crippen LogP contribution in [-0.4, -0.2) is 41.8 Å². The molecule has 1 atom stereocenters. The van der Waals surface area contributed by atoms with Gasteiger partial charge >= 0.3 is 5.97 Å². The molecule has 0 aromatic heterocycles. The summed E-state index contributed by atoms with van der Waals surface area (Å²) in [7, 11) is 0. The van der Waals surface area contributed by atoms with Crippen LogP contribution in [0.2, 0.25) is 0 Å². The molecule has 7 nitrogen and oxygen atoms in total. The van der Waals surface area contributed by atoms with Gasteiger partial charge in [0.2, 0.25) is 0 Å². The van der Waals surface area contributed by atoms with E-state index in [0.29, 0.717) is 42.1 Å². The monoisotopic (exact) mass is 564 g/mol. The predicted octanol–water partition coefficient (Wildman–Crippen LogP) is 6.89. The van der Waals surface area contributed by atoms with Crippen LogP contribution in [0.3, 0.4) is 0 Å². The maximum absolute atomic E-state index is 13.1. The molecule has 0 aliphatic heterocycles. The highest BCUT2D eigenvalue weighted by atomic mass is 16.5. The van der Waals surface area contributed by atoms with Crippen molar-refractivity contribution in [1.82, 2.24) is 0 Å². The smallest absolute Gasteiger partial charge is 0.326 e. The Morgan fingerprint density at radius 3 is 2.12 bits per heavy atom. The van der Waals surface area contributed by atoms with Gasteiger partial charge in [-0.2, -0.15) is 0 Å². The second kappa shape index (κ2) is 15.2. The van der Waals surface area contributed by atoms with Crippen molar-refractivity contribution in [3.63, 3.8) is 0 Å². The Balaban J connectivity index is 1.29. The number of nitrogens with one attached hydrogen (secondary N) is 2. The van der Waals surface area contributed by atoms with E-state index < -0.39 is 12.0 Å². The number of carboxylic acids is 1. The highest BCUT2D eigenvalue weighted by Gasteiger charge is 2.21. The second-order valence-electron chi connectivity index (χ2n) is 9.97. The molecule has 0 bridgehead atoms. The molecule has 0 radical (unpaired) electrons. The van der Waals surface area contributed by atoms with E-state index in [4.69, 9.17) is 4.74 Å². The molecule has 216 valence electrons. The third kappa shape index (κ3) is 8.30. The largest absolute Gasteiger partial charge is 0.494 e. The third-order valence-electron chi connectivity index (χ3n) is 6.81. The van der Waals surface area contributed by atoms with E-state index in [0.717, 1.165) is 29.7 Å². The van der Waals surface area contributed by atoms with Gasteiger partial charge in [0, 0.05) is 47.5 Å². The molecule has 4 aromatic carbocycles. The van der Waals surface area contributed by atoms with Crippen LogP contribution in [0, 0.1) is 0 Å². The lowest BCUT2D eigenvalue weighted by molar-refractivity contribution is -0.137. The van der Waals surface area contributed by atoms with Crippen molar-refractivity contribution >= 4 is 28.9 Å². The lowest BCUT2D eigenvalue weighted by Crippen LogP contribution is -2.32. The summed E-state index contributed by atoms with van der Waals surface area (Å²) in [6.07, 6.45) is 2.31. The predicted molar refractivity (Wildman–Crippen MR) is 166 cm³/mol. The Morgan fingerprint density at radius 2 is 1.43 bits per heavy atom. The zero-order chi connectivity index (χ0) is 29.7. The number of para-hydroxylation sites is 2. The van der Waals surface area contributed by atoms with Crippen LogP contribution in [0.4, 0.5) is 11.4 Å². The molecule has 3 N–H and O–H groups in total. The highest BCUT2D eigenvalue weighted by molar-refractivity contribution is 6.12. The number of carbonyl (C=O) groups excluding carboxylic acids is 2. The summed E-state index contributed by atoms with van der Waals surface area (Å²) >= 11 is 0. The average molecular weight is 565 g/mol. The Morgan fingerprint density at radius 1 is 0.786 bits per heavy atom. The van der Waals surface area contributed by atoms with Crippen LogP contribution in [0.5, 0.6) is 5.75 Å². The van der Waals surface area contributed by atoms with E-state index in [1.165, 1.54) is 0 Å². The van der Waals surface area contributed by atoms with Gasteiger partial charge < -0.3 is 20.5 Å². The number of ether oxygens (including phenoxy) is 1. The summed E-state index contributed by atoms with van der Waals surface area (Å²) in [6.45, 7) is 3.15. The summed E-state index contributed by atoms with van der Waals surface area (Å²) in [5, 5.41) is 16.3. The van der Waals surface area contributed by atoms with E-state index in [1.807, 2.05) is 61.5 Å². The van der Waals surface area contributed by atoms with Crippen molar-refractivity contribution in [2.75, 3.05) is 23.8 Å². The number of benzene rings is 4. The van der Waals surface area contributed by atoms with Gasteiger partial charge in [-0.25, -0.2) is 4.79 Å². The fraction of sp³-hybridized carbons (Fsp3) is 0.229. The van der Waals surface area contributed by atoms with Crippen molar-refractivity contribution in [2.24, 2.45) is 0 Å². The minimum atomic E-state index is -1.01. The van der Waals surface area contributed by atoms with Gasteiger partial charge in [-0.1, -0.05) is 73.7 Å². The normalized spacial score (nSPS) is 11.4. The van der Waals surface area contributed by atoms with Gasteiger partial charge in [-0.15, -0.1) is 0 Å². The maximum atomic E-state index is 13.1. The summed E-state index contributed by atoms with van der Waals surface area (Å²) in [5.74, 6) is -0.352. The van der Waals surface area contributed by atoms with Crippen LogP contribution in [-0.2, 0) is 11.2 Å². The molecule has 4 rings (SSSR count). The van der Waals surface area contributed by atoms with Gasteiger partial charge in [0.05, 0.1) is 6.61 Å². The van der Waals surface area contributed by atoms with Crippen molar-refractivity contribution in [1.29, 1.82) is 0 Å². The van der Waals surface area contributed by atoms with Crippen molar-refractivity contribution in [2.45, 2.75) is 38.6 Å². The summed E-state index contributed by atoms with van der Waals surface area (Å²) in [5.41, 5.74) is 3.82. The molecule has 4 aromatic rings. The number of carboxylic acid groups (broad SMARTS) is 1. The van der Waals surface area contributed by atoms with Crippen molar-refractivity contribution < 1.29 is 24.2 Å². The topological polar surface area (TPSA) is 105 Å². The minimum Gasteiger partial charge on any atom is -0.494 e. The first kappa shape index (κ1) is 30.1. The molecule has 0 heterocycles. The molecular formula is C35H36N2O5. The van der Waals surface area contributed by atoms with Crippen LogP contribution in [0.15, 0.2) is 103 Å². The summed E-state index contributed by atoms with van der Waals surface area (Å²) < 4.78 is 5.87. The van der Waals surface area contributed by atoms with Gasteiger partial charge in [-0.05, 0) is 54.8 Å². The van der Waals surface area contributed by atoms with Gasteiger partial charge in [0.1, 0.15) is 11.8 Å². The molecule has 0 aliphatic rings. The molecule has 42 heavy (non-hydrogen) atoms. The van der Waals surface area contributed by atoms with E-state index in [-0.39, 0.29) is 18.0 Å². The standard InChI is InChI=1S/C35H36N2O5/c1-2-11-33(38)28-14-6-8-16-30(28)36-22-10-23-42-27-20-18-25(19-21-27)24-32(35(40)41)37-31-17-9-7-15-29(31)34(39)26-12-4-3-5-13-26/h3-9,12-21,32,36-37H,2,10-11,22-24H2,1H3,(H,40,41). The first-order chi connectivity index (χ1) is 20.5. The fourth-order valence-corrected chi connectivity index (χ4v) is 4.62. The number of anilines is 2. The number of ketones is 2. The Labute approximate surface area is 246 Å². The number of Topliss-reactive ketones (excluding diaryl/α,β-unsaturated/α-hetero) is 1. The maximum Gasteiger partial charge on any atom is 0.326 e. The highest BCUT2D eigenvalue weighted by Crippen LogP contribution is 2.22. The van der Waals surface area contributed by atoms with Crippen LogP contribution >= 0.6 is 0 Å². The zero-order valence-electron chi connectivity index (χ0n) is 23.7. The third-order valence-corrected chi connectivity index (χ3v) is 6.81.